The van der Waals surface area contributed by atoms with Crippen LogP contribution in [-0.4, -0.2) is 9.78 Å². The molecule has 0 aliphatic rings. The smallest absolute Gasteiger partial charge is 0.153 e. The number of rotatable bonds is 0. The van der Waals surface area contributed by atoms with Gasteiger partial charge in [-0.2, -0.15) is 10.4 Å². The van der Waals surface area contributed by atoms with Crippen LogP contribution in [-0.2, 0) is 7.05 Å². The van der Waals surface area contributed by atoms with Crippen LogP contribution in [0.1, 0.15) is 5.56 Å². The van der Waals surface area contributed by atoms with E-state index in [1.165, 1.54) is 0 Å². The van der Waals surface area contributed by atoms with Gasteiger partial charge in [0, 0.05) is 12.4 Å². The first-order valence-electron chi connectivity index (χ1n) is 3.85. The summed E-state index contributed by atoms with van der Waals surface area (Å²) in [7, 11) is 1.78. The second kappa shape index (κ2) is 2.49. The molecule has 64 valence electrons. The second-order valence-electron chi connectivity index (χ2n) is 2.82. The molecule has 2 aromatic rings. The van der Waals surface area contributed by atoms with Crippen LogP contribution in [0.4, 0.5) is 5.82 Å². The number of para-hydroxylation sites is 1. The fourth-order valence-corrected chi connectivity index (χ4v) is 1.45. The molecule has 0 unspecified atom stereocenters. The summed E-state index contributed by atoms with van der Waals surface area (Å²) in [5.41, 5.74) is 7.05. The molecule has 0 saturated carbocycles. The third-order valence-electron chi connectivity index (χ3n) is 2.01. The molecule has 0 bridgehead atoms. The van der Waals surface area contributed by atoms with Crippen molar-refractivity contribution >= 4 is 16.7 Å². The summed E-state index contributed by atoms with van der Waals surface area (Å²) >= 11 is 0. The number of benzene rings is 1. The molecule has 1 aromatic carbocycles. The summed E-state index contributed by atoms with van der Waals surface area (Å²) in [5.74, 6) is 0.467. The van der Waals surface area contributed by atoms with Gasteiger partial charge in [-0.15, -0.1) is 0 Å². The van der Waals surface area contributed by atoms with E-state index in [1.807, 2.05) is 6.07 Å². The molecule has 0 aliphatic heterocycles. The largest absolute Gasteiger partial charge is 0.382 e. The quantitative estimate of drug-likeness (QED) is 0.645. The van der Waals surface area contributed by atoms with E-state index in [2.05, 4.69) is 11.2 Å². The Morgan fingerprint density at radius 2 is 2.31 bits per heavy atom. The first-order valence-corrected chi connectivity index (χ1v) is 3.85. The highest BCUT2D eigenvalue weighted by molar-refractivity contribution is 5.92. The van der Waals surface area contributed by atoms with Crippen molar-refractivity contribution < 1.29 is 0 Å². The van der Waals surface area contributed by atoms with Gasteiger partial charge in [0.1, 0.15) is 6.07 Å². The third-order valence-corrected chi connectivity index (χ3v) is 2.01. The lowest BCUT2D eigenvalue weighted by molar-refractivity contribution is 0.801. The molecular formula is C9H8N4. The topological polar surface area (TPSA) is 67.6 Å². The van der Waals surface area contributed by atoms with Crippen LogP contribution in [0.25, 0.3) is 10.9 Å². The van der Waals surface area contributed by atoms with Crippen LogP contribution >= 0.6 is 0 Å². The molecule has 2 rings (SSSR count). The number of aryl methyl sites for hydroxylation is 1. The van der Waals surface area contributed by atoms with Gasteiger partial charge in [-0.05, 0) is 12.1 Å². The van der Waals surface area contributed by atoms with E-state index >= 15 is 0 Å². The number of aromatic nitrogens is 2. The standard InChI is InChI=1S/C9H8N4/c1-13-8-6(5-10)3-2-4-7(8)9(11)12-13/h2-4H,1H3,(H2,11,12). The molecule has 0 amide bonds. The minimum Gasteiger partial charge on any atom is -0.382 e. The fourth-order valence-electron chi connectivity index (χ4n) is 1.45. The van der Waals surface area contributed by atoms with E-state index < -0.39 is 0 Å². The van der Waals surface area contributed by atoms with Gasteiger partial charge in [-0.25, -0.2) is 0 Å². The lowest BCUT2D eigenvalue weighted by Gasteiger charge is -1.94. The molecule has 1 heterocycles. The molecule has 0 aliphatic carbocycles. The van der Waals surface area contributed by atoms with Crippen molar-refractivity contribution in [3.8, 4) is 6.07 Å². The minimum absolute atomic E-state index is 0.467. The Kier molecular flexibility index (Phi) is 1.46. The average Bonchev–Trinajstić information content (AvgIpc) is 2.43. The number of hydrogen-bond acceptors (Lipinski definition) is 3. The van der Waals surface area contributed by atoms with Gasteiger partial charge < -0.3 is 5.73 Å². The first-order chi connectivity index (χ1) is 6.24. The number of anilines is 1. The molecule has 0 atom stereocenters. The molecular weight excluding hydrogens is 164 g/mol. The number of nitrogens with zero attached hydrogens (tertiary/aromatic N) is 3. The molecule has 0 saturated heterocycles. The average molecular weight is 172 g/mol. The van der Waals surface area contributed by atoms with Crippen LogP contribution in [0.5, 0.6) is 0 Å². The summed E-state index contributed by atoms with van der Waals surface area (Å²) in [4.78, 5) is 0. The number of nitrogen functional groups attached to an aromatic ring is 1. The van der Waals surface area contributed by atoms with Crippen LogP contribution in [0.2, 0.25) is 0 Å². The highest BCUT2D eigenvalue weighted by Gasteiger charge is 2.08. The van der Waals surface area contributed by atoms with Gasteiger partial charge >= 0.3 is 0 Å². The van der Waals surface area contributed by atoms with E-state index in [0.29, 0.717) is 11.4 Å². The van der Waals surface area contributed by atoms with E-state index in [9.17, 15) is 0 Å². The second-order valence-corrected chi connectivity index (χ2v) is 2.82. The molecule has 0 radical (unpaired) electrons. The summed E-state index contributed by atoms with van der Waals surface area (Å²) in [5, 5.41) is 13.7. The Bertz CT molecular complexity index is 504. The van der Waals surface area contributed by atoms with Crippen molar-refractivity contribution in [1.82, 2.24) is 9.78 Å². The highest BCUT2D eigenvalue weighted by atomic mass is 15.3. The zero-order chi connectivity index (χ0) is 9.42. The monoisotopic (exact) mass is 172 g/mol. The predicted octanol–water partition coefficient (Wildman–Crippen LogP) is 1.03. The van der Waals surface area contributed by atoms with Crippen molar-refractivity contribution in [1.29, 1.82) is 5.26 Å². The van der Waals surface area contributed by atoms with Crippen molar-refractivity contribution in [2.75, 3.05) is 5.73 Å². The summed E-state index contributed by atoms with van der Waals surface area (Å²) in [6.45, 7) is 0. The number of nitriles is 1. The summed E-state index contributed by atoms with van der Waals surface area (Å²) < 4.78 is 1.63. The van der Waals surface area contributed by atoms with Gasteiger partial charge in [0.15, 0.2) is 5.82 Å². The van der Waals surface area contributed by atoms with Gasteiger partial charge in [0.25, 0.3) is 0 Å². The SMILES string of the molecule is Cn1nc(N)c2cccc(C#N)c21. The van der Waals surface area contributed by atoms with E-state index in [-0.39, 0.29) is 0 Å². The van der Waals surface area contributed by atoms with Crippen molar-refractivity contribution in [3.05, 3.63) is 23.8 Å². The van der Waals surface area contributed by atoms with E-state index in [4.69, 9.17) is 11.0 Å². The minimum atomic E-state index is 0.467. The molecule has 0 spiro atoms. The Hall–Kier alpha value is -2.02. The summed E-state index contributed by atoms with van der Waals surface area (Å²) in [6.07, 6.45) is 0. The third kappa shape index (κ3) is 0.942. The molecule has 1 aromatic heterocycles. The zero-order valence-corrected chi connectivity index (χ0v) is 7.15. The molecule has 0 fully saturated rings. The Morgan fingerprint density at radius 1 is 1.54 bits per heavy atom. The van der Waals surface area contributed by atoms with Gasteiger partial charge in [-0.1, -0.05) is 6.07 Å². The Labute approximate surface area is 75.2 Å². The molecule has 4 heteroatoms. The Balaban J connectivity index is 2.99. The van der Waals surface area contributed by atoms with E-state index in [0.717, 1.165) is 10.9 Å². The van der Waals surface area contributed by atoms with Crippen molar-refractivity contribution in [3.63, 3.8) is 0 Å². The maximum atomic E-state index is 8.84. The number of fused-ring (bicyclic) bond motifs is 1. The zero-order valence-electron chi connectivity index (χ0n) is 7.15. The number of hydrogen-bond donors (Lipinski definition) is 1. The Morgan fingerprint density at radius 3 is 3.00 bits per heavy atom. The van der Waals surface area contributed by atoms with Crippen LogP contribution in [0, 0.1) is 11.3 Å². The lowest BCUT2D eigenvalue weighted by Crippen LogP contribution is -1.92. The lowest BCUT2D eigenvalue weighted by atomic mass is 10.1. The molecule has 13 heavy (non-hydrogen) atoms. The van der Waals surface area contributed by atoms with Crippen LogP contribution in [0.3, 0.4) is 0 Å². The molecule has 4 nitrogen and oxygen atoms in total. The first kappa shape index (κ1) is 7.62. The number of nitrogens with two attached hydrogens (primary N) is 1. The van der Waals surface area contributed by atoms with Crippen molar-refractivity contribution in [2.45, 2.75) is 0 Å². The highest BCUT2D eigenvalue weighted by Crippen LogP contribution is 2.22. The maximum absolute atomic E-state index is 8.84. The normalized spacial score (nSPS) is 10.2. The predicted molar refractivity (Wildman–Crippen MR) is 49.8 cm³/mol. The van der Waals surface area contributed by atoms with Gasteiger partial charge in [0.2, 0.25) is 0 Å². The van der Waals surface area contributed by atoms with Crippen molar-refractivity contribution in [2.24, 2.45) is 7.05 Å². The molecule has 2 N–H and O–H groups in total. The summed E-state index contributed by atoms with van der Waals surface area (Å²) in [6, 6.07) is 7.53. The van der Waals surface area contributed by atoms with Crippen LogP contribution < -0.4 is 5.73 Å². The van der Waals surface area contributed by atoms with Gasteiger partial charge in [-0.3, -0.25) is 4.68 Å². The fraction of sp³-hybridized carbons (Fsp3) is 0.111. The maximum Gasteiger partial charge on any atom is 0.153 e. The van der Waals surface area contributed by atoms with E-state index in [1.54, 1.807) is 23.9 Å². The van der Waals surface area contributed by atoms with Crippen LogP contribution in [0.15, 0.2) is 18.2 Å². The van der Waals surface area contributed by atoms with Gasteiger partial charge in [0.05, 0.1) is 11.1 Å².